The quantitative estimate of drug-likeness (QED) is 0.187. The number of aromatic hydroxyl groups is 1. The van der Waals surface area contributed by atoms with Gasteiger partial charge >= 0.3 is 0 Å². The third-order valence-electron chi connectivity index (χ3n) is 7.55. The van der Waals surface area contributed by atoms with Crippen LogP contribution in [0.25, 0.3) is 0 Å². The van der Waals surface area contributed by atoms with E-state index >= 15 is 0 Å². The smallest absolute Gasteiger partial charge is 0.123 e. The van der Waals surface area contributed by atoms with E-state index in [0.29, 0.717) is 17.7 Å². The van der Waals surface area contributed by atoms with Crippen molar-refractivity contribution in [3.8, 4) is 5.75 Å². The maximum Gasteiger partial charge on any atom is 0.123 e. The van der Waals surface area contributed by atoms with Gasteiger partial charge in [0, 0.05) is 17.1 Å². The van der Waals surface area contributed by atoms with Crippen LogP contribution in [0.15, 0.2) is 91.0 Å². The van der Waals surface area contributed by atoms with Gasteiger partial charge in [-0.1, -0.05) is 108 Å². The van der Waals surface area contributed by atoms with Gasteiger partial charge in [-0.3, -0.25) is 0 Å². The number of benzene rings is 4. The Morgan fingerprint density at radius 2 is 1.36 bits per heavy atom. The molecule has 0 bridgehead atoms. The van der Waals surface area contributed by atoms with Crippen LogP contribution in [0.1, 0.15) is 80.3 Å². The Labute approximate surface area is 234 Å². The lowest BCUT2D eigenvalue weighted by molar-refractivity contribution is 0.0793. The first kappa shape index (κ1) is 29.0. The zero-order valence-corrected chi connectivity index (χ0v) is 24.5. The highest BCUT2D eigenvalue weighted by molar-refractivity contribution is 7.48. The first-order chi connectivity index (χ1) is 18.6. The Balaban J connectivity index is 1.88. The molecule has 2 nitrogen and oxygen atoms in total. The summed E-state index contributed by atoms with van der Waals surface area (Å²) in [5.74, 6) is 0.00139. The van der Waals surface area contributed by atoms with Gasteiger partial charge in [0.25, 0.3) is 0 Å². The van der Waals surface area contributed by atoms with Crippen molar-refractivity contribution < 1.29 is 14.6 Å². The molecule has 0 aliphatic heterocycles. The van der Waals surface area contributed by atoms with Crippen molar-refractivity contribution in [3.63, 3.8) is 0 Å². The second kappa shape index (κ2) is 12.5. The van der Waals surface area contributed by atoms with Crippen LogP contribution < -0.4 is 5.30 Å². The van der Waals surface area contributed by atoms with Gasteiger partial charge in [-0.2, -0.15) is 0 Å². The van der Waals surface area contributed by atoms with Crippen LogP contribution in [-0.4, -0.2) is 10.2 Å². The van der Waals surface area contributed by atoms with Crippen molar-refractivity contribution in [2.75, 3.05) is 0 Å². The highest BCUT2D eigenvalue weighted by Gasteiger charge is 2.36. The molecule has 39 heavy (non-hydrogen) atoms. The summed E-state index contributed by atoms with van der Waals surface area (Å²) in [4.78, 5) is 0. The summed E-state index contributed by atoms with van der Waals surface area (Å²) in [6, 6.07) is 29.8. The average molecular weight is 543 g/mol. The Kier molecular flexibility index (Phi) is 9.26. The van der Waals surface area contributed by atoms with Gasteiger partial charge in [-0.05, 0) is 78.4 Å². The van der Waals surface area contributed by atoms with Crippen molar-refractivity contribution in [2.45, 2.75) is 70.6 Å². The molecule has 2 N–H and O–H groups in total. The summed E-state index contributed by atoms with van der Waals surface area (Å²) >= 11 is 0. The van der Waals surface area contributed by atoms with Crippen molar-refractivity contribution in [3.05, 3.63) is 130 Å². The summed E-state index contributed by atoms with van der Waals surface area (Å²) in [6.07, 6.45) is 4.04. The van der Waals surface area contributed by atoms with Crippen LogP contribution in [0.2, 0.25) is 0 Å². The van der Waals surface area contributed by atoms with Gasteiger partial charge in [0.05, 0.1) is 5.60 Å². The Hall–Kier alpha value is -3.00. The molecule has 0 spiro atoms. The van der Waals surface area contributed by atoms with E-state index in [9.17, 15) is 14.6 Å². The molecule has 0 heterocycles. The maximum absolute atomic E-state index is 14.3. The first-order valence-electron chi connectivity index (χ1n) is 13.9. The van der Waals surface area contributed by atoms with Gasteiger partial charge in [0.1, 0.15) is 11.6 Å². The molecule has 4 rings (SSSR count). The molecule has 2 atom stereocenters. The van der Waals surface area contributed by atoms with Crippen LogP contribution in [0.5, 0.6) is 5.75 Å². The summed E-state index contributed by atoms with van der Waals surface area (Å²) in [7, 11) is 0.257. The molecule has 4 aromatic carbocycles. The molecule has 204 valence electrons. The minimum absolute atomic E-state index is 0.257. The molecule has 0 aliphatic carbocycles. The molecule has 0 radical (unpaired) electrons. The van der Waals surface area contributed by atoms with Crippen LogP contribution in [0.4, 0.5) is 4.39 Å². The number of rotatable bonds is 11. The van der Waals surface area contributed by atoms with E-state index in [0.717, 1.165) is 47.7 Å². The van der Waals surface area contributed by atoms with Crippen molar-refractivity contribution in [2.24, 2.45) is 0 Å². The number of aliphatic hydroxyl groups is 1. The first-order valence-corrected chi connectivity index (χ1v) is 14.9. The molecule has 0 saturated heterocycles. The molecular weight excluding hydrogens is 502 g/mol. The standard InChI is InChI=1S/C35H40FO2P/c1-5-19-35(6-2,39-32-18-17-29(36)24-30(32)34(3,4)38)31-23-27(20-25-13-9-7-10-14-25)22-28(33(31)37)21-26-15-11-8-12-16-26/h7-18,22-24,37-39H,5-6,19-21H2,1-4H3. The van der Waals surface area contributed by atoms with E-state index < -0.39 is 5.60 Å². The van der Waals surface area contributed by atoms with Crippen LogP contribution in [-0.2, 0) is 23.6 Å². The molecule has 0 amide bonds. The van der Waals surface area contributed by atoms with Crippen LogP contribution in [0, 0.1) is 5.82 Å². The summed E-state index contributed by atoms with van der Waals surface area (Å²) in [6.45, 7) is 7.76. The van der Waals surface area contributed by atoms with Gasteiger partial charge in [-0.15, -0.1) is 0 Å². The van der Waals surface area contributed by atoms with E-state index in [2.05, 4.69) is 62.4 Å². The van der Waals surface area contributed by atoms with E-state index in [-0.39, 0.29) is 19.6 Å². The normalized spacial score (nSPS) is 13.6. The monoisotopic (exact) mass is 542 g/mol. The van der Waals surface area contributed by atoms with Gasteiger partial charge in [-0.25, -0.2) is 4.39 Å². The number of phenolic OH excluding ortho intramolecular Hbond substituents is 1. The predicted octanol–water partition coefficient (Wildman–Crippen LogP) is 8.35. The zero-order valence-electron chi connectivity index (χ0n) is 23.5. The number of hydrogen-bond donors (Lipinski definition) is 2. The SMILES string of the molecule is CCCC(CC)(Pc1ccc(F)cc1C(C)(C)O)c1cc(Cc2ccccc2)cc(Cc2ccccc2)c1O. The van der Waals surface area contributed by atoms with Crippen molar-refractivity contribution in [1.29, 1.82) is 0 Å². The Morgan fingerprint density at radius 3 is 1.92 bits per heavy atom. The summed E-state index contributed by atoms with van der Waals surface area (Å²) in [5, 5.41) is 23.4. The highest BCUT2D eigenvalue weighted by Crippen LogP contribution is 2.52. The highest BCUT2D eigenvalue weighted by atomic mass is 31.1. The Bertz CT molecular complexity index is 1380. The lowest BCUT2D eigenvalue weighted by atomic mass is 9.85. The van der Waals surface area contributed by atoms with E-state index in [1.807, 2.05) is 30.3 Å². The molecule has 4 aromatic rings. The second-order valence-electron chi connectivity index (χ2n) is 11.0. The molecule has 0 aromatic heterocycles. The number of hydrogen-bond acceptors (Lipinski definition) is 2. The zero-order chi connectivity index (χ0) is 28.0. The van der Waals surface area contributed by atoms with E-state index in [4.69, 9.17) is 0 Å². The fraction of sp³-hybridized carbons (Fsp3) is 0.314. The third-order valence-corrected chi connectivity index (χ3v) is 9.60. The van der Waals surface area contributed by atoms with E-state index in [1.165, 1.54) is 23.3 Å². The van der Waals surface area contributed by atoms with Crippen molar-refractivity contribution >= 4 is 13.9 Å². The molecule has 4 heteroatoms. The topological polar surface area (TPSA) is 40.5 Å². The second-order valence-corrected chi connectivity index (χ2v) is 12.8. The van der Waals surface area contributed by atoms with Gasteiger partial charge in [0.15, 0.2) is 0 Å². The summed E-state index contributed by atoms with van der Waals surface area (Å²) < 4.78 is 14.3. The fourth-order valence-corrected chi connectivity index (χ4v) is 7.62. The minimum Gasteiger partial charge on any atom is -0.507 e. The molecule has 0 saturated carbocycles. The third kappa shape index (κ3) is 6.96. The Morgan fingerprint density at radius 1 is 0.744 bits per heavy atom. The fourth-order valence-electron chi connectivity index (χ4n) is 5.55. The lowest BCUT2D eigenvalue weighted by Crippen LogP contribution is -2.29. The lowest BCUT2D eigenvalue weighted by Gasteiger charge is -2.37. The largest absolute Gasteiger partial charge is 0.507 e. The molecule has 0 fully saturated rings. The number of phenols is 1. The van der Waals surface area contributed by atoms with Gasteiger partial charge in [0.2, 0.25) is 0 Å². The maximum atomic E-state index is 14.3. The number of halogens is 1. The predicted molar refractivity (Wildman–Crippen MR) is 163 cm³/mol. The molecular formula is C35H40FO2P. The van der Waals surface area contributed by atoms with Crippen molar-refractivity contribution in [1.82, 2.24) is 0 Å². The van der Waals surface area contributed by atoms with Gasteiger partial charge < -0.3 is 10.2 Å². The summed E-state index contributed by atoms with van der Waals surface area (Å²) in [5.41, 5.74) is 4.85. The average Bonchev–Trinajstić information content (AvgIpc) is 2.91. The minimum atomic E-state index is -1.17. The molecule has 2 unspecified atom stereocenters. The van der Waals surface area contributed by atoms with Crippen LogP contribution >= 0.6 is 8.58 Å². The van der Waals surface area contributed by atoms with Crippen LogP contribution in [0.3, 0.4) is 0 Å². The molecule has 0 aliphatic rings. The van der Waals surface area contributed by atoms with E-state index in [1.54, 1.807) is 13.8 Å².